The summed E-state index contributed by atoms with van der Waals surface area (Å²) in [6, 6.07) is 5.18. The van der Waals surface area contributed by atoms with Crippen molar-refractivity contribution in [1.29, 1.82) is 0 Å². The molecule has 3 rings (SSSR count). The third kappa shape index (κ3) is 5.20. The Morgan fingerprint density at radius 2 is 1.67 bits per heavy atom. The third-order valence-corrected chi connectivity index (χ3v) is 5.03. The Bertz CT molecular complexity index is 895. The highest BCUT2D eigenvalue weighted by Crippen LogP contribution is 2.38. The maximum atomic E-state index is 14.6. The van der Waals surface area contributed by atoms with Crippen molar-refractivity contribution in [3.05, 3.63) is 71.1 Å². The standard InChI is InChI=1S/C22H20ClF5O2/c1-2-3-4-5-13-11-29-21(30-12-13)14-6-7-16(17(24)8-14)15-9-18(25)20(19(26)10-15)22(23,27)28/h2-3,6-10,13,21H,4-5,11-12H2,1H3. The Labute approximate surface area is 176 Å². The van der Waals surface area contributed by atoms with Crippen LogP contribution in [-0.2, 0) is 14.9 Å². The Balaban J connectivity index is 1.75. The molecule has 162 valence electrons. The monoisotopic (exact) mass is 446 g/mol. The van der Waals surface area contributed by atoms with E-state index in [4.69, 9.17) is 21.1 Å². The minimum Gasteiger partial charge on any atom is -0.348 e. The van der Waals surface area contributed by atoms with Gasteiger partial charge in [-0.1, -0.05) is 24.3 Å². The van der Waals surface area contributed by atoms with Crippen molar-refractivity contribution in [2.75, 3.05) is 13.2 Å². The minimum absolute atomic E-state index is 0.152. The molecular weight excluding hydrogens is 427 g/mol. The van der Waals surface area contributed by atoms with Crippen LogP contribution in [0.5, 0.6) is 0 Å². The van der Waals surface area contributed by atoms with Crippen molar-refractivity contribution in [3.63, 3.8) is 0 Å². The van der Waals surface area contributed by atoms with Gasteiger partial charge < -0.3 is 9.47 Å². The maximum Gasteiger partial charge on any atom is 0.353 e. The molecule has 0 aromatic heterocycles. The van der Waals surface area contributed by atoms with Crippen LogP contribution in [0.1, 0.15) is 37.2 Å². The number of benzene rings is 2. The second-order valence-corrected chi connectivity index (χ2v) is 7.54. The average molecular weight is 447 g/mol. The van der Waals surface area contributed by atoms with Crippen molar-refractivity contribution in [1.82, 2.24) is 0 Å². The zero-order chi connectivity index (χ0) is 21.9. The summed E-state index contributed by atoms with van der Waals surface area (Å²) in [5.74, 6) is -3.67. The Hall–Kier alpha value is -1.96. The van der Waals surface area contributed by atoms with Crippen LogP contribution in [0.2, 0.25) is 0 Å². The molecule has 0 bridgehead atoms. The fraction of sp³-hybridized carbons (Fsp3) is 0.364. The molecule has 8 heteroatoms. The first kappa shape index (κ1) is 22.7. The van der Waals surface area contributed by atoms with E-state index in [9.17, 15) is 22.0 Å². The Morgan fingerprint density at radius 3 is 2.20 bits per heavy atom. The van der Waals surface area contributed by atoms with Crippen LogP contribution < -0.4 is 0 Å². The van der Waals surface area contributed by atoms with Crippen LogP contribution >= 0.6 is 11.6 Å². The Kier molecular flexibility index (Phi) is 7.16. The number of alkyl halides is 3. The SMILES string of the molecule is CC=CCCC1COC(c2ccc(-c3cc(F)c(C(F)(F)Cl)c(F)c3)c(F)c2)OC1. The van der Waals surface area contributed by atoms with Gasteiger partial charge in [-0.25, -0.2) is 13.2 Å². The smallest absolute Gasteiger partial charge is 0.348 e. The fourth-order valence-corrected chi connectivity index (χ4v) is 3.49. The Morgan fingerprint density at radius 1 is 1.03 bits per heavy atom. The summed E-state index contributed by atoms with van der Waals surface area (Å²) in [5, 5.41) is -4.21. The highest BCUT2D eigenvalue weighted by molar-refractivity contribution is 6.21. The van der Waals surface area contributed by atoms with Gasteiger partial charge in [-0.3, -0.25) is 0 Å². The summed E-state index contributed by atoms with van der Waals surface area (Å²) in [7, 11) is 0. The van der Waals surface area contributed by atoms with Gasteiger partial charge in [0.2, 0.25) is 0 Å². The van der Waals surface area contributed by atoms with Gasteiger partial charge in [-0.2, -0.15) is 8.78 Å². The van der Waals surface area contributed by atoms with Gasteiger partial charge in [-0.15, -0.1) is 0 Å². The number of hydrogen-bond acceptors (Lipinski definition) is 2. The fourth-order valence-electron chi connectivity index (χ4n) is 3.31. The molecule has 0 aliphatic carbocycles. The van der Waals surface area contributed by atoms with Crippen molar-refractivity contribution >= 4 is 11.6 Å². The summed E-state index contributed by atoms with van der Waals surface area (Å²) >= 11 is 4.73. The molecule has 2 aromatic carbocycles. The summed E-state index contributed by atoms with van der Waals surface area (Å²) in [6.45, 7) is 2.89. The molecule has 0 N–H and O–H groups in total. The molecule has 0 amide bonds. The molecule has 1 aliphatic heterocycles. The van der Waals surface area contributed by atoms with E-state index in [2.05, 4.69) is 6.08 Å². The molecule has 2 nitrogen and oxygen atoms in total. The first-order valence-electron chi connectivity index (χ1n) is 9.41. The maximum absolute atomic E-state index is 14.6. The van der Waals surface area contributed by atoms with Gasteiger partial charge in [0.05, 0.1) is 13.2 Å². The summed E-state index contributed by atoms with van der Waals surface area (Å²) in [5.41, 5.74) is -1.54. The first-order chi connectivity index (χ1) is 14.2. The molecule has 0 spiro atoms. The number of halogens is 6. The van der Waals surface area contributed by atoms with E-state index in [1.54, 1.807) is 0 Å². The molecule has 1 aliphatic rings. The third-order valence-electron chi connectivity index (χ3n) is 4.85. The molecular formula is C22H20ClF5O2. The topological polar surface area (TPSA) is 18.5 Å². The van der Waals surface area contributed by atoms with Crippen LogP contribution in [-0.4, -0.2) is 13.2 Å². The zero-order valence-corrected chi connectivity index (χ0v) is 16.9. The molecule has 1 saturated heterocycles. The quantitative estimate of drug-likeness (QED) is 0.268. The summed E-state index contributed by atoms with van der Waals surface area (Å²) in [6.07, 6.45) is 5.12. The van der Waals surface area contributed by atoms with Crippen LogP contribution in [0.3, 0.4) is 0 Å². The predicted octanol–water partition coefficient (Wildman–Crippen LogP) is 7.08. The number of allylic oxidation sites excluding steroid dienone is 2. The van der Waals surface area contributed by atoms with Crippen molar-refractivity contribution in [2.24, 2.45) is 5.92 Å². The van der Waals surface area contributed by atoms with Crippen LogP contribution in [0.25, 0.3) is 11.1 Å². The van der Waals surface area contributed by atoms with Crippen LogP contribution in [0, 0.1) is 23.4 Å². The molecule has 30 heavy (non-hydrogen) atoms. The van der Waals surface area contributed by atoms with Gasteiger partial charge >= 0.3 is 5.38 Å². The average Bonchev–Trinajstić information content (AvgIpc) is 2.67. The molecule has 0 saturated carbocycles. The van der Waals surface area contributed by atoms with Crippen molar-refractivity contribution in [3.8, 4) is 11.1 Å². The lowest BCUT2D eigenvalue weighted by atomic mass is 10.00. The van der Waals surface area contributed by atoms with Crippen molar-refractivity contribution in [2.45, 2.75) is 31.4 Å². The van der Waals surface area contributed by atoms with Gasteiger partial charge in [0.25, 0.3) is 0 Å². The van der Waals surface area contributed by atoms with Gasteiger partial charge in [0.1, 0.15) is 23.0 Å². The molecule has 1 heterocycles. The van der Waals surface area contributed by atoms with Gasteiger partial charge in [0, 0.05) is 17.0 Å². The number of hydrogen-bond donors (Lipinski definition) is 0. The second-order valence-electron chi connectivity index (χ2n) is 7.06. The summed E-state index contributed by atoms with van der Waals surface area (Å²) in [4.78, 5) is 0. The molecule has 0 atom stereocenters. The lowest BCUT2D eigenvalue weighted by Gasteiger charge is -2.29. The first-order valence-corrected chi connectivity index (χ1v) is 9.79. The molecule has 0 radical (unpaired) electrons. The van der Waals surface area contributed by atoms with Gasteiger partial charge in [0.15, 0.2) is 6.29 Å². The summed E-state index contributed by atoms with van der Waals surface area (Å²) < 4.78 is 80.2. The van der Waals surface area contributed by atoms with E-state index in [0.29, 0.717) is 30.9 Å². The molecule has 1 fully saturated rings. The highest BCUT2D eigenvalue weighted by atomic mass is 35.5. The highest BCUT2D eigenvalue weighted by Gasteiger charge is 2.35. The van der Waals surface area contributed by atoms with E-state index < -0.39 is 34.7 Å². The second kappa shape index (κ2) is 9.45. The van der Waals surface area contributed by atoms with Crippen LogP contribution in [0.15, 0.2) is 42.5 Å². The number of rotatable bonds is 6. The van der Waals surface area contributed by atoms with E-state index in [-0.39, 0.29) is 17.0 Å². The van der Waals surface area contributed by atoms with Crippen LogP contribution in [0.4, 0.5) is 22.0 Å². The van der Waals surface area contributed by atoms with Gasteiger partial charge in [-0.05, 0) is 55.1 Å². The molecule has 2 aromatic rings. The van der Waals surface area contributed by atoms with E-state index in [1.807, 2.05) is 13.0 Å². The number of ether oxygens (including phenoxy) is 2. The van der Waals surface area contributed by atoms with E-state index in [0.717, 1.165) is 18.9 Å². The normalized spacial score (nSPS) is 20.1. The zero-order valence-electron chi connectivity index (χ0n) is 16.1. The minimum atomic E-state index is -4.21. The lowest BCUT2D eigenvalue weighted by Crippen LogP contribution is -2.27. The largest absolute Gasteiger partial charge is 0.353 e. The lowest BCUT2D eigenvalue weighted by molar-refractivity contribution is -0.205. The van der Waals surface area contributed by atoms with E-state index >= 15 is 0 Å². The van der Waals surface area contributed by atoms with E-state index in [1.165, 1.54) is 12.1 Å². The van der Waals surface area contributed by atoms with Crippen molar-refractivity contribution < 1.29 is 31.4 Å². The molecule has 0 unspecified atom stereocenters. The predicted molar refractivity (Wildman–Crippen MR) is 104 cm³/mol.